The van der Waals surface area contributed by atoms with E-state index in [1.54, 1.807) is 0 Å². The van der Waals surface area contributed by atoms with Crippen molar-refractivity contribution in [3.05, 3.63) is 0 Å². The Morgan fingerprint density at radius 3 is 2.44 bits per heavy atom. The molecule has 0 spiro atoms. The Labute approximate surface area is 96.5 Å². The minimum Gasteiger partial charge on any atom is -0.455 e. The lowest BCUT2D eigenvalue weighted by Gasteiger charge is -2.36. The van der Waals surface area contributed by atoms with Crippen LogP contribution in [-0.4, -0.2) is 18.0 Å². The zero-order chi connectivity index (χ0) is 12.3. The molecule has 92 valence electrons. The fourth-order valence-corrected chi connectivity index (χ4v) is 2.45. The van der Waals surface area contributed by atoms with Crippen LogP contribution in [0.25, 0.3) is 0 Å². The zero-order valence-corrected chi connectivity index (χ0v) is 10.2. The molecule has 0 aromatic carbocycles. The molecule has 1 rings (SSSR count). The highest BCUT2D eigenvalue weighted by Gasteiger charge is 2.34. The number of primary amides is 1. The third kappa shape index (κ3) is 3.22. The molecule has 0 aliphatic heterocycles. The molecule has 1 amide bonds. The molecular weight excluding hydrogens is 206 g/mol. The Balaban J connectivity index is 2.64. The van der Waals surface area contributed by atoms with E-state index < -0.39 is 11.9 Å². The van der Waals surface area contributed by atoms with Crippen LogP contribution < -0.4 is 5.73 Å². The van der Waals surface area contributed by atoms with Crippen molar-refractivity contribution < 1.29 is 14.3 Å². The number of amides is 1. The minimum atomic E-state index is -0.999. The lowest BCUT2D eigenvalue weighted by atomic mass is 9.75. The van der Waals surface area contributed by atoms with Crippen LogP contribution in [0.3, 0.4) is 0 Å². The second kappa shape index (κ2) is 5.32. The van der Waals surface area contributed by atoms with E-state index in [1.165, 1.54) is 0 Å². The van der Waals surface area contributed by atoms with E-state index in [0.29, 0.717) is 17.8 Å². The summed E-state index contributed by atoms with van der Waals surface area (Å²) in [6.45, 7) is 6.37. The van der Waals surface area contributed by atoms with Crippen molar-refractivity contribution in [1.29, 1.82) is 0 Å². The molecule has 1 aliphatic rings. The summed E-state index contributed by atoms with van der Waals surface area (Å²) in [6, 6.07) is 0. The predicted molar refractivity (Wildman–Crippen MR) is 60.4 cm³/mol. The minimum absolute atomic E-state index is 0.149. The highest BCUT2D eigenvalue weighted by atomic mass is 16.5. The standard InChI is InChI=1S/C12H21NO3/c1-7(2)9-5-4-8(3)6-10(9)16-12(15)11(13)14/h7-10H,4-6H2,1-3H3,(H2,13,14)/t8?,9-,10?/m1/s1. The van der Waals surface area contributed by atoms with E-state index in [2.05, 4.69) is 20.8 Å². The van der Waals surface area contributed by atoms with Crippen molar-refractivity contribution in [3.63, 3.8) is 0 Å². The number of esters is 1. The quantitative estimate of drug-likeness (QED) is 0.573. The van der Waals surface area contributed by atoms with Crippen LogP contribution in [0.2, 0.25) is 0 Å². The summed E-state index contributed by atoms with van der Waals surface area (Å²) in [7, 11) is 0. The van der Waals surface area contributed by atoms with Gasteiger partial charge in [0.1, 0.15) is 6.10 Å². The highest BCUT2D eigenvalue weighted by molar-refractivity contribution is 6.31. The predicted octanol–water partition coefficient (Wildman–Crippen LogP) is 1.48. The molecule has 0 heterocycles. The van der Waals surface area contributed by atoms with Gasteiger partial charge in [0.05, 0.1) is 0 Å². The average Bonchev–Trinajstić information content (AvgIpc) is 2.16. The molecule has 1 saturated carbocycles. The maximum Gasteiger partial charge on any atom is 0.396 e. The number of nitrogens with two attached hydrogens (primary N) is 1. The Morgan fingerprint density at radius 1 is 1.31 bits per heavy atom. The van der Waals surface area contributed by atoms with Gasteiger partial charge >= 0.3 is 11.9 Å². The lowest BCUT2D eigenvalue weighted by molar-refractivity contribution is -0.162. The molecular formula is C12H21NO3. The number of hydrogen-bond donors (Lipinski definition) is 1. The molecule has 0 saturated heterocycles. The van der Waals surface area contributed by atoms with E-state index >= 15 is 0 Å². The first-order valence-electron chi connectivity index (χ1n) is 5.92. The van der Waals surface area contributed by atoms with Gasteiger partial charge in [0, 0.05) is 0 Å². The van der Waals surface area contributed by atoms with Crippen LogP contribution in [0.4, 0.5) is 0 Å². The number of hydrogen-bond acceptors (Lipinski definition) is 3. The first-order valence-corrected chi connectivity index (χ1v) is 5.92. The second-order valence-electron chi connectivity index (χ2n) is 5.13. The second-order valence-corrected chi connectivity index (χ2v) is 5.13. The molecule has 2 N–H and O–H groups in total. The molecule has 0 bridgehead atoms. The third-order valence-electron chi connectivity index (χ3n) is 3.42. The van der Waals surface area contributed by atoms with Gasteiger partial charge in [-0.15, -0.1) is 0 Å². The molecule has 0 aromatic heterocycles. The Kier molecular flexibility index (Phi) is 4.33. The SMILES string of the molecule is CC1CC[C@H](C(C)C)C(OC(=O)C(N)=O)C1. The van der Waals surface area contributed by atoms with Gasteiger partial charge in [-0.25, -0.2) is 4.79 Å². The molecule has 0 radical (unpaired) electrons. The highest BCUT2D eigenvalue weighted by Crippen LogP contribution is 2.35. The van der Waals surface area contributed by atoms with Crippen molar-refractivity contribution in [1.82, 2.24) is 0 Å². The summed E-state index contributed by atoms with van der Waals surface area (Å²) < 4.78 is 5.18. The summed E-state index contributed by atoms with van der Waals surface area (Å²) in [5.41, 5.74) is 4.90. The van der Waals surface area contributed by atoms with E-state index in [-0.39, 0.29) is 6.10 Å². The molecule has 4 nitrogen and oxygen atoms in total. The van der Waals surface area contributed by atoms with Gasteiger partial charge in [-0.05, 0) is 30.6 Å². The van der Waals surface area contributed by atoms with Crippen molar-refractivity contribution in [2.75, 3.05) is 0 Å². The normalized spacial score (nSPS) is 30.1. The first kappa shape index (κ1) is 13.0. The van der Waals surface area contributed by atoms with Crippen LogP contribution >= 0.6 is 0 Å². The number of carbonyl (C=O) groups is 2. The van der Waals surface area contributed by atoms with Crippen molar-refractivity contribution in [2.24, 2.45) is 23.5 Å². The number of carbonyl (C=O) groups excluding carboxylic acids is 2. The van der Waals surface area contributed by atoms with Gasteiger partial charge < -0.3 is 10.5 Å². The van der Waals surface area contributed by atoms with E-state index in [1.807, 2.05) is 0 Å². The van der Waals surface area contributed by atoms with Gasteiger partial charge in [-0.3, -0.25) is 4.79 Å². The Hall–Kier alpha value is -1.06. The smallest absolute Gasteiger partial charge is 0.396 e. The number of rotatable bonds is 2. The summed E-state index contributed by atoms with van der Waals surface area (Å²) in [6.07, 6.45) is 2.90. The zero-order valence-electron chi connectivity index (χ0n) is 10.2. The van der Waals surface area contributed by atoms with Crippen LogP contribution in [0.1, 0.15) is 40.0 Å². The Morgan fingerprint density at radius 2 is 1.94 bits per heavy atom. The molecule has 3 atom stereocenters. The fraction of sp³-hybridized carbons (Fsp3) is 0.833. The molecule has 4 heteroatoms. The van der Waals surface area contributed by atoms with Crippen molar-refractivity contribution in [3.8, 4) is 0 Å². The maximum absolute atomic E-state index is 11.2. The van der Waals surface area contributed by atoms with Crippen LogP contribution in [0.5, 0.6) is 0 Å². The first-order chi connectivity index (χ1) is 7.41. The topological polar surface area (TPSA) is 69.4 Å². The Bertz CT molecular complexity index is 275. The molecule has 1 aliphatic carbocycles. The van der Waals surface area contributed by atoms with Gasteiger partial charge in [0.25, 0.3) is 0 Å². The van der Waals surface area contributed by atoms with Gasteiger partial charge in [0.15, 0.2) is 0 Å². The fourth-order valence-electron chi connectivity index (χ4n) is 2.45. The third-order valence-corrected chi connectivity index (χ3v) is 3.42. The molecule has 0 aromatic rings. The van der Waals surface area contributed by atoms with Crippen LogP contribution in [0, 0.1) is 17.8 Å². The summed E-state index contributed by atoms with van der Waals surface area (Å²) >= 11 is 0. The van der Waals surface area contributed by atoms with Gasteiger partial charge in [-0.2, -0.15) is 0 Å². The van der Waals surface area contributed by atoms with Crippen LogP contribution in [0.15, 0.2) is 0 Å². The average molecular weight is 227 g/mol. The molecule has 16 heavy (non-hydrogen) atoms. The van der Waals surface area contributed by atoms with Gasteiger partial charge in [0.2, 0.25) is 0 Å². The lowest BCUT2D eigenvalue weighted by Crippen LogP contribution is -2.39. The maximum atomic E-state index is 11.2. The largest absolute Gasteiger partial charge is 0.455 e. The molecule has 1 fully saturated rings. The number of ether oxygens (including phenoxy) is 1. The van der Waals surface area contributed by atoms with Crippen LogP contribution in [-0.2, 0) is 14.3 Å². The van der Waals surface area contributed by atoms with Crippen molar-refractivity contribution in [2.45, 2.75) is 46.1 Å². The summed E-state index contributed by atoms with van der Waals surface area (Å²) in [5.74, 6) is -0.552. The van der Waals surface area contributed by atoms with Crippen molar-refractivity contribution >= 4 is 11.9 Å². The van der Waals surface area contributed by atoms with Gasteiger partial charge in [-0.1, -0.05) is 27.2 Å². The van der Waals surface area contributed by atoms with E-state index in [4.69, 9.17) is 10.5 Å². The van der Waals surface area contributed by atoms with E-state index in [0.717, 1.165) is 19.3 Å². The molecule has 2 unspecified atom stereocenters. The van der Waals surface area contributed by atoms with E-state index in [9.17, 15) is 9.59 Å². The monoisotopic (exact) mass is 227 g/mol. The summed E-state index contributed by atoms with van der Waals surface area (Å²) in [4.78, 5) is 21.9. The summed E-state index contributed by atoms with van der Waals surface area (Å²) in [5, 5.41) is 0.